The van der Waals surface area contributed by atoms with Gasteiger partial charge in [0.1, 0.15) is 5.75 Å². The lowest BCUT2D eigenvalue weighted by Gasteiger charge is -2.35. The minimum absolute atomic E-state index is 0. The molecule has 154 valence electrons. The second-order valence-electron chi connectivity index (χ2n) is 6.27. The number of carbonyl (C=O) groups is 1. The number of carbonyl (C=O) groups excluding carboxylic acids is 1. The van der Waals surface area contributed by atoms with Crippen LogP contribution in [0.5, 0.6) is 5.75 Å². The van der Waals surface area contributed by atoms with E-state index in [1.54, 1.807) is 31.4 Å². The maximum atomic E-state index is 12.5. The van der Waals surface area contributed by atoms with E-state index in [0.717, 1.165) is 24.4 Å². The number of nitrogen functional groups attached to an aromatic ring is 1. The molecule has 1 aliphatic heterocycles. The molecule has 2 aromatic rings. The topological polar surface area (TPSA) is 76.8 Å². The van der Waals surface area contributed by atoms with Crippen molar-refractivity contribution >= 4 is 36.4 Å². The summed E-state index contributed by atoms with van der Waals surface area (Å²) in [4.78, 5) is 14.8. The van der Waals surface area contributed by atoms with Crippen LogP contribution in [0.4, 0.5) is 5.69 Å². The number of hydrogen-bond acceptors (Lipinski definition) is 5. The highest BCUT2D eigenvalue weighted by molar-refractivity contribution is 5.95. The van der Waals surface area contributed by atoms with E-state index < -0.39 is 0 Å². The molecule has 1 atom stereocenters. The molecule has 1 fully saturated rings. The lowest BCUT2D eigenvalue weighted by molar-refractivity contribution is 0.0162. The number of morpholine rings is 1. The third-order valence-corrected chi connectivity index (χ3v) is 4.59. The third-order valence-electron chi connectivity index (χ3n) is 4.59. The summed E-state index contributed by atoms with van der Waals surface area (Å²) in [6.07, 6.45) is 0. The Morgan fingerprint density at radius 2 is 1.86 bits per heavy atom. The van der Waals surface area contributed by atoms with Gasteiger partial charge < -0.3 is 20.5 Å². The van der Waals surface area contributed by atoms with Crippen LogP contribution in [0.2, 0.25) is 0 Å². The SMILES string of the molecule is COc1ccc(C(CNC(=O)c2cccc(N)c2)N2CCOCC2)cc1.Cl.Cl. The van der Waals surface area contributed by atoms with Crippen molar-refractivity contribution in [2.45, 2.75) is 6.04 Å². The number of ether oxygens (including phenoxy) is 2. The van der Waals surface area contributed by atoms with Crippen molar-refractivity contribution in [2.24, 2.45) is 0 Å². The Morgan fingerprint density at radius 1 is 1.18 bits per heavy atom. The smallest absolute Gasteiger partial charge is 0.251 e. The van der Waals surface area contributed by atoms with E-state index in [1.807, 2.05) is 24.3 Å². The van der Waals surface area contributed by atoms with Crippen LogP contribution in [0, 0.1) is 0 Å². The molecule has 3 rings (SSSR count). The summed E-state index contributed by atoms with van der Waals surface area (Å²) in [5, 5.41) is 3.04. The van der Waals surface area contributed by atoms with Crippen molar-refractivity contribution in [3.8, 4) is 5.75 Å². The van der Waals surface area contributed by atoms with Crippen LogP contribution in [0.15, 0.2) is 48.5 Å². The molecular weight excluding hydrogens is 401 g/mol. The lowest BCUT2D eigenvalue weighted by Crippen LogP contribution is -2.43. The van der Waals surface area contributed by atoms with Crippen LogP contribution in [0.25, 0.3) is 0 Å². The number of nitrogens with zero attached hydrogens (tertiary/aromatic N) is 1. The highest BCUT2D eigenvalue weighted by Gasteiger charge is 2.23. The van der Waals surface area contributed by atoms with Crippen LogP contribution in [0.1, 0.15) is 22.0 Å². The van der Waals surface area contributed by atoms with Gasteiger partial charge in [-0.15, -0.1) is 24.8 Å². The molecule has 3 N–H and O–H groups in total. The molecule has 0 radical (unpaired) electrons. The fraction of sp³-hybridized carbons (Fsp3) is 0.350. The zero-order chi connectivity index (χ0) is 18.4. The Bertz CT molecular complexity index is 738. The summed E-state index contributed by atoms with van der Waals surface area (Å²) in [5.41, 5.74) is 8.06. The number of anilines is 1. The van der Waals surface area contributed by atoms with Gasteiger partial charge in [-0.1, -0.05) is 18.2 Å². The summed E-state index contributed by atoms with van der Waals surface area (Å²) in [6, 6.07) is 15.1. The summed E-state index contributed by atoms with van der Waals surface area (Å²) < 4.78 is 10.7. The number of nitrogens with one attached hydrogen (secondary N) is 1. The zero-order valence-electron chi connectivity index (χ0n) is 15.8. The number of nitrogens with two attached hydrogens (primary N) is 1. The quantitative estimate of drug-likeness (QED) is 0.692. The van der Waals surface area contributed by atoms with Gasteiger partial charge in [0.2, 0.25) is 0 Å². The third kappa shape index (κ3) is 6.27. The predicted octanol–water partition coefficient (Wildman–Crippen LogP) is 2.92. The van der Waals surface area contributed by atoms with Gasteiger partial charge in [-0.05, 0) is 35.9 Å². The Labute approximate surface area is 178 Å². The fourth-order valence-electron chi connectivity index (χ4n) is 3.14. The maximum Gasteiger partial charge on any atom is 0.251 e. The number of hydrogen-bond donors (Lipinski definition) is 2. The molecule has 28 heavy (non-hydrogen) atoms. The number of benzene rings is 2. The molecule has 1 unspecified atom stereocenters. The van der Waals surface area contributed by atoms with Gasteiger partial charge in [-0.2, -0.15) is 0 Å². The Hall–Kier alpha value is -1.99. The number of amides is 1. The van der Waals surface area contributed by atoms with E-state index in [2.05, 4.69) is 10.2 Å². The first-order valence-corrected chi connectivity index (χ1v) is 8.77. The number of methoxy groups -OCH3 is 1. The van der Waals surface area contributed by atoms with Gasteiger partial charge in [0.15, 0.2) is 0 Å². The van der Waals surface area contributed by atoms with Crippen LogP contribution >= 0.6 is 24.8 Å². The molecule has 2 aromatic carbocycles. The second-order valence-corrected chi connectivity index (χ2v) is 6.27. The van der Waals surface area contributed by atoms with Crippen LogP contribution in [-0.2, 0) is 4.74 Å². The summed E-state index contributed by atoms with van der Waals surface area (Å²) in [5.74, 6) is 0.697. The van der Waals surface area contributed by atoms with E-state index in [4.69, 9.17) is 15.2 Å². The van der Waals surface area contributed by atoms with Gasteiger partial charge in [-0.3, -0.25) is 9.69 Å². The average Bonchev–Trinajstić information content (AvgIpc) is 2.69. The minimum atomic E-state index is -0.121. The molecule has 0 aliphatic carbocycles. The van der Waals surface area contributed by atoms with E-state index in [0.29, 0.717) is 31.0 Å². The van der Waals surface area contributed by atoms with Gasteiger partial charge >= 0.3 is 0 Å². The summed E-state index contributed by atoms with van der Waals surface area (Å²) >= 11 is 0. The number of rotatable bonds is 6. The summed E-state index contributed by atoms with van der Waals surface area (Å²) in [6.45, 7) is 3.60. The highest BCUT2D eigenvalue weighted by Crippen LogP contribution is 2.24. The molecule has 0 bridgehead atoms. The van der Waals surface area contributed by atoms with Crippen LogP contribution in [0.3, 0.4) is 0 Å². The lowest BCUT2D eigenvalue weighted by atomic mass is 10.0. The highest BCUT2D eigenvalue weighted by atomic mass is 35.5. The average molecular weight is 428 g/mol. The normalized spacial score (nSPS) is 14.9. The van der Waals surface area contributed by atoms with Gasteiger partial charge in [0.25, 0.3) is 5.91 Å². The molecule has 0 aromatic heterocycles. The van der Waals surface area contributed by atoms with Crippen molar-refractivity contribution in [2.75, 3.05) is 45.7 Å². The Morgan fingerprint density at radius 3 is 2.46 bits per heavy atom. The molecule has 1 heterocycles. The van der Waals surface area contributed by atoms with Crippen molar-refractivity contribution in [1.82, 2.24) is 10.2 Å². The molecule has 0 spiro atoms. The molecule has 8 heteroatoms. The standard InChI is InChI=1S/C20H25N3O3.2ClH/c1-25-18-7-5-15(6-8-18)19(23-9-11-26-12-10-23)14-22-20(24)16-3-2-4-17(21)13-16;;/h2-8,13,19H,9-12,14,21H2,1H3,(H,22,24);2*1H. The molecular formula is C20H27Cl2N3O3. The van der Waals surface area contributed by atoms with Crippen molar-refractivity contribution in [3.63, 3.8) is 0 Å². The maximum absolute atomic E-state index is 12.5. The van der Waals surface area contributed by atoms with E-state index in [9.17, 15) is 4.79 Å². The molecule has 1 aliphatic rings. The summed E-state index contributed by atoms with van der Waals surface area (Å²) in [7, 11) is 1.65. The van der Waals surface area contributed by atoms with Crippen LogP contribution in [-0.4, -0.2) is 50.8 Å². The van der Waals surface area contributed by atoms with E-state index in [-0.39, 0.29) is 36.8 Å². The Kier molecular flexibility index (Phi) is 10.1. The molecule has 6 nitrogen and oxygen atoms in total. The number of halogens is 2. The molecule has 0 saturated carbocycles. The first-order chi connectivity index (χ1) is 12.7. The van der Waals surface area contributed by atoms with Crippen molar-refractivity contribution in [3.05, 3.63) is 59.7 Å². The molecule has 1 saturated heterocycles. The van der Waals surface area contributed by atoms with E-state index in [1.165, 1.54) is 0 Å². The van der Waals surface area contributed by atoms with Crippen molar-refractivity contribution < 1.29 is 14.3 Å². The minimum Gasteiger partial charge on any atom is -0.497 e. The van der Waals surface area contributed by atoms with Crippen LogP contribution < -0.4 is 15.8 Å². The van der Waals surface area contributed by atoms with Gasteiger partial charge in [-0.25, -0.2) is 0 Å². The van der Waals surface area contributed by atoms with Crippen molar-refractivity contribution in [1.29, 1.82) is 0 Å². The monoisotopic (exact) mass is 427 g/mol. The first kappa shape index (κ1) is 24.0. The van der Waals surface area contributed by atoms with Gasteiger partial charge in [0, 0.05) is 30.9 Å². The first-order valence-electron chi connectivity index (χ1n) is 8.77. The zero-order valence-corrected chi connectivity index (χ0v) is 17.4. The molecule has 1 amide bonds. The largest absolute Gasteiger partial charge is 0.497 e. The second kappa shape index (κ2) is 11.8. The fourth-order valence-corrected chi connectivity index (χ4v) is 3.14. The predicted molar refractivity (Wildman–Crippen MR) is 116 cm³/mol. The Balaban J connectivity index is 0.00000196. The van der Waals surface area contributed by atoms with E-state index >= 15 is 0 Å². The van der Waals surface area contributed by atoms with Gasteiger partial charge in [0.05, 0.1) is 26.4 Å².